The Bertz CT molecular complexity index is 1100. The Morgan fingerprint density at radius 2 is 2.19 bits per heavy atom. The van der Waals surface area contributed by atoms with Crippen molar-refractivity contribution in [3.05, 3.63) is 58.0 Å². The summed E-state index contributed by atoms with van der Waals surface area (Å²) in [7, 11) is 0. The Balaban J connectivity index is 1.96. The Kier molecular flexibility index (Phi) is 3.68. The molecular weight excluding hydrogens is 339 g/mol. The first-order chi connectivity index (χ1) is 12.5. The maximum Gasteiger partial charge on any atom is 0.267 e. The van der Waals surface area contributed by atoms with Crippen molar-refractivity contribution in [2.24, 2.45) is 0 Å². The van der Waals surface area contributed by atoms with Crippen LogP contribution >= 0.6 is 0 Å². The van der Waals surface area contributed by atoms with Gasteiger partial charge in [0, 0.05) is 23.8 Å². The number of benzene rings is 1. The number of halogens is 1. The maximum absolute atomic E-state index is 14.0. The van der Waals surface area contributed by atoms with Gasteiger partial charge in [0.25, 0.3) is 11.5 Å². The Morgan fingerprint density at radius 1 is 1.38 bits per heavy atom. The topological polar surface area (TPSA) is 97.1 Å². The average Bonchev–Trinajstić information content (AvgIpc) is 2.61. The molecule has 0 radical (unpaired) electrons. The highest BCUT2D eigenvalue weighted by atomic mass is 19.1. The van der Waals surface area contributed by atoms with Crippen molar-refractivity contribution in [3.8, 4) is 5.75 Å². The summed E-state index contributed by atoms with van der Waals surface area (Å²) in [5.74, 6) is -1.73. The average molecular weight is 354 g/mol. The zero-order valence-electron chi connectivity index (χ0n) is 13.9. The Morgan fingerprint density at radius 3 is 2.92 bits per heavy atom. The zero-order valence-corrected chi connectivity index (χ0v) is 13.9. The first-order valence-electron chi connectivity index (χ1n) is 8.14. The summed E-state index contributed by atoms with van der Waals surface area (Å²) >= 11 is 0. The van der Waals surface area contributed by atoms with Gasteiger partial charge in [-0.25, -0.2) is 9.37 Å². The summed E-state index contributed by atoms with van der Waals surface area (Å²) in [4.78, 5) is 33.3. The van der Waals surface area contributed by atoms with Crippen LogP contribution in [0.1, 0.15) is 35.3 Å². The van der Waals surface area contributed by atoms with Crippen molar-refractivity contribution in [2.45, 2.75) is 25.8 Å². The zero-order chi connectivity index (χ0) is 18.4. The fourth-order valence-corrected chi connectivity index (χ4v) is 3.43. The van der Waals surface area contributed by atoms with E-state index in [0.29, 0.717) is 23.9 Å². The van der Waals surface area contributed by atoms with Gasteiger partial charge in [-0.3, -0.25) is 14.6 Å². The molecular formula is C18H15FN4O3. The number of aryl methyl sites for hydroxylation is 1. The van der Waals surface area contributed by atoms with E-state index in [1.165, 1.54) is 29.2 Å². The van der Waals surface area contributed by atoms with Crippen LogP contribution in [-0.4, -0.2) is 25.5 Å². The number of nitrogens with zero attached hydrogens (tertiary/aromatic N) is 3. The number of aromatic hydroxyl groups is 1. The number of amides is 1. The van der Waals surface area contributed by atoms with E-state index in [0.717, 1.165) is 6.07 Å². The number of carbonyl (C=O) groups is 1. The molecule has 3 heterocycles. The van der Waals surface area contributed by atoms with Crippen LogP contribution in [-0.2, 0) is 6.42 Å². The van der Waals surface area contributed by atoms with E-state index >= 15 is 0 Å². The minimum absolute atomic E-state index is 0.142. The molecule has 8 heteroatoms. The molecule has 1 aliphatic rings. The molecule has 4 rings (SSSR count). The minimum Gasteiger partial charge on any atom is -0.506 e. The molecule has 1 atom stereocenters. The van der Waals surface area contributed by atoms with Crippen molar-refractivity contribution in [2.75, 3.05) is 5.32 Å². The molecule has 1 aromatic carbocycles. The lowest BCUT2D eigenvalue weighted by Gasteiger charge is -2.26. The number of hydrogen-bond acceptors (Lipinski definition) is 5. The number of pyridine rings is 1. The third-order valence-electron chi connectivity index (χ3n) is 4.62. The minimum atomic E-state index is -0.817. The van der Waals surface area contributed by atoms with Crippen molar-refractivity contribution in [1.29, 1.82) is 0 Å². The van der Waals surface area contributed by atoms with Crippen molar-refractivity contribution in [1.82, 2.24) is 14.5 Å². The molecule has 0 saturated carbocycles. The molecule has 132 valence electrons. The van der Waals surface area contributed by atoms with Crippen molar-refractivity contribution in [3.63, 3.8) is 0 Å². The fraction of sp³-hybridized carbons (Fsp3) is 0.222. The summed E-state index contributed by atoms with van der Waals surface area (Å²) in [6, 6.07) is 2.33. The van der Waals surface area contributed by atoms with Crippen molar-refractivity contribution < 1.29 is 14.3 Å². The van der Waals surface area contributed by atoms with Crippen LogP contribution in [0.5, 0.6) is 5.75 Å². The molecule has 7 nitrogen and oxygen atoms in total. The molecule has 0 fully saturated rings. The second kappa shape index (κ2) is 5.91. The highest BCUT2D eigenvalue weighted by Crippen LogP contribution is 2.35. The summed E-state index contributed by atoms with van der Waals surface area (Å²) in [5.41, 5.74) is 0.0694. The van der Waals surface area contributed by atoms with Gasteiger partial charge in [-0.2, -0.15) is 0 Å². The van der Waals surface area contributed by atoms with Gasteiger partial charge in [0.1, 0.15) is 17.1 Å². The van der Waals surface area contributed by atoms with Gasteiger partial charge in [0.15, 0.2) is 5.82 Å². The second-order valence-corrected chi connectivity index (χ2v) is 6.29. The third-order valence-corrected chi connectivity index (χ3v) is 4.62. The van der Waals surface area contributed by atoms with E-state index in [2.05, 4.69) is 15.3 Å². The van der Waals surface area contributed by atoms with E-state index in [1.807, 2.05) is 6.92 Å². The monoisotopic (exact) mass is 354 g/mol. The lowest BCUT2D eigenvalue weighted by Crippen LogP contribution is -2.33. The van der Waals surface area contributed by atoms with Crippen LogP contribution in [0.2, 0.25) is 0 Å². The van der Waals surface area contributed by atoms with E-state index < -0.39 is 28.6 Å². The van der Waals surface area contributed by atoms with Gasteiger partial charge in [0.2, 0.25) is 0 Å². The van der Waals surface area contributed by atoms with Crippen LogP contribution < -0.4 is 10.9 Å². The van der Waals surface area contributed by atoms with Crippen LogP contribution in [0.3, 0.4) is 0 Å². The van der Waals surface area contributed by atoms with Gasteiger partial charge >= 0.3 is 0 Å². The van der Waals surface area contributed by atoms with Gasteiger partial charge in [-0.05, 0) is 37.5 Å². The Labute approximate surface area is 147 Å². The Hall–Kier alpha value is -3.29. The lowest BCUT2D eigenvalue weighted by atomic mass is 9.95. The van der Waals surface area contributed by atoms with Crippen LogP contribution in [0, 0.1) is 5.82 Å². The molecule has 1 aliphatic heterocycles. The molecule has 3 aromatic rings. The summed E-state index contributed by atoms with van der Waals surface area (Å²) in [6.07, 6.45) is 5.38. The number of hydrogen-bond donors (Lipinski definition) is 2. The number of anilines is 1. The fourth-order valence-electron chi connectivity index (χ4n) is 3.43. The van der Waals surface area contributed by atoms with E-state index in [1.54, 1.807) is 0 Å². The van der Waals surface area contributed by atoms with Crippen LogP contribution in [0.4, 0.5) is 10.2 Å². The largest absolute Gasteiger partial charge is 0.506 e. The van der Waals surface area contributed by atoms with Crippen molar-refractivity contribution >= 4 is 22.6 Å². The molecule has 2 aromatic heterocycles. The molecule has 2 N–H and O–H groups in total. The normalized spacial score (nSPS) is 15.8. The van der Waals surface area contributed by atoms with Gasteiger partial charge in [-0.15, -0.1) is 0 Å². The predicted octanol–water partition coefficient (Wildman–Crippen LogP) is 2.40. The van der Waals surface area contributed by atoms with Crippen LogP contribution in [0.15, 0.2) is 35.5 Å². The van der Waals surface area contributed by atoms with Gasteiger partial charge in [0.05, 0.1) is 11.7 Å². The number of aromatic nitrogens is 3. The summed E-state index contributed by atoms with van der Waals surface area (Å²) in [6.45, 7) is 1.86. The first-order valence-corrected chi connectivity index (χ1v) is 8.14. The standard InChI is InChI=1S/C18H15FN4O3/c1-9-2-3-10-6-11(19)7-12-15(10)23(9)18(26)14(16(12)24)17(25)22-13-8-20-4-5-21-13/h4-9,24H,2-3H2,1H3,(H,21,22,25). The smallest absolute Gasteiger partial charge is 0.267 e. The second-order valence-electron chi connectivity index (χ2n) is 6.29. The SMILES string of the molecule is CC1CCc2cc(F)cc3c(O)c(C(=O)Nc4cnccn4)c(=O)n1c23. The summed E-state index contributed by atoms with van der Waals surface area (Å²) < 4.78 is 15.4. The van der Waals surface area contributed by atoms with Crippen LogP contribution in [0.25, 0.3) is 10.9 Å². The highest BCUT2D eigenvalue weighted by molar-refractivity contribution is 6.09. The number of rotatable bonds is 2. The molecule has 26 heavy (non-hydrogen) atoms. The quantitative estimate of drug-likeness (QED) is 0.736. The van der Waals surface area contributed by atoms with E-state index in [9.17, 15) is 19.1 Å². The number of nitrogens with one attached hydrogen (secondary N) is 1. The van der Waals surface area contributed by atoms with Gasteiger partial charge in [-0.1, -0.05) is 0 Å². The van der Waals surface area contributed by atoms with E-state index in [4.69, 9.17) is 0 Å². The summed E-state index contributed by atoms with van der Waals surface area (Å²) in [5, 5.41) is 13.2. The third kappa shape index (κ3) is 2.42. The number of carbonyl (C=O) groups excluding carboxylic acids is 1. The van der Waals surface area contributed by atoms with E-state index in [-0.39, 0.29) is 17.2 Å². The first kappa shape index (κ1) is 16.2. The molecule has 0 aliphatic carbocycles. The van der Waals surface area contributed by atoms with Gasteiger partial charge < -0.3 is 15.0 Å². The molecule has 0 spiro atoms. The molecule has 1 amide bonds. The molecule has 1 unspecified atom stereocenters. The molecule has 0 bridgehead atoms. The predicted molar refractivity (Wildman–Crippen MR) is 92.8 cm³/mol. The lowest BCUT2D eigenvalue weighted by molar-refractivity contribution is 0.102. The maximum atomic E-state index is 14.0. The molecule has 0 saturated heterocycles. The highest BCUT2D eigenvalue weighted by Gasteiger charge is 2.28.